The maximum atomic E-state index is 12.2. The number of thioether (sulfide) groups is 1. The van der Waals surface area contributed by atoms with Crippen LogP contribution in [0.5, 0.6) is 0 Å². The van der Waals surface area contributed by atoms with Gasteiger partial charge in [-0.2, -0.15) is 13.2 Å². The summed E-state index contributed by atoms with van der Waals surface area (Å²) in [5, 5.41) is 4.49. The zero-order chi connectivity index (χ0) is 19.0. The fourth-order valence-corrected chi connectivity index (χ4v) is 2.07. The number of amides is 3. The standard InChI is InChI=1S/C15H17F3N2O4S/c1-3-9(2)19-14(23)20-12(21)8-24-13(22)10-4-6-11(7-5-10)25-15(16,17)18/h4-7,9H,3,8H2,1-2H3,(H2,19,20,21,23)/t9-/m0/s1. The fourth-order valence-electron chi connectivity index (χ4n) is 1.53. The second-order valence-corrected chi connectivity index (χ2v) is 6.12. The van der Waals surface area contributed by atoms with Crippen molar-refractivity contribution in [3.63, 3.8) is 0 Å². The fraction of sp³-hybridized carbons (Fsp3) is 0.400. The first kappa shape index (κ1) is 20.8. The lowest BCUT2D eigenvalue weighted by molar-refractivity contribution is -0.123. The summed E-state index contributed by atoms with van der Waals surface area (Å²) >= 11 is -0.308. The summed E-state index contributed by atoms with van der Waals surface area (Å²) in [7, 11) is 0. The van der Waals surface area contributed by atoms with Gasteiger partial charge in [0.1, 0.15) is 0 Å². The summed E-state index contributed by atoms with van der Waals surface area (Å²) in [6.07, 6.45) is 0.680. The van der Waals surface area contributed by atoms with Crippen LogP contribution in [-0.4, -0.2) is 36.1 Å². The minimum Gasteiger partial charge on any atom is -0.452 e. The molecule has 0 saturated heterocycles. The van der Waals surface area contributed by atoms with E-state index < -0.39 is 30.0 Å². The number of hydrogen-bond acceptors (Lipinski definition) is 5. The highest BCUT2D eigenvalue weighted by molar-refractivity contribution is 8.00. The van der Waals surface area contributed by atoms with Crippen molar-refractivity contribution >= 4 is 29.7 Å². The molecule has 6 nitrogen and oxygen atoms in total. The Morgan fingerprint density at radius 3 is 2.32 bits per heavy atom. The van der Waals surface area contributed by atoms with Gasteiger partial charge in [-0.15, -0.1) is 0 Å². The van der Waals surface area contributed by atoms with Crippen LogP contribution in [0.25, 0.3) is 0 Å². The lowest BCUT2D eigenvalue weighted by Gasteiger charge is -2.11. The third-order valence-electron chi connectivity index (χ3n) is 2.90. The van der Waals surface area contributed by atoms with Gasteiger partial charge in [0.15, 0.2) is 6.61 Å². The molecule has 1 aromatic rings. The summed E-state index contributed by atoms with van der Waals surface area (Å²) < 4.78 is 41.3. The molecule has 2 N–H and O–H groups in total. The summed E-state index contributed by atoms with van der Waals surface area (Å²) in [5.74, 6) is -1.71. The van der Waals surface area contributed by atoms with Crippen LogP contribution in [0.1, 0.15) is 30.6 Å². The van der Waals surface area contributed by atoms with Crippen LogP contribution in [0.3, 0.4) is 0 Å². The third kappa shape index (κ3) is 8.43. The molecule has 25 heavy (non-hydrogen) atoms. The van der Waals surface area contributed by atoms with Crippen LogP contribution in [0.4, 0.5) is 18.0 Å². The Morgan fingerprint density at radius 1 is 1.20 bits per heavy atom. The highest BCUT2D eigenvalue weighted by Crippen LogP contribution is 2.36. The summed E-state index contributed by atoms with van der Waals surface area (Å²) in [6.45, 7) is 2.92. The lowest BCUT2D eigenvalue weighted by atomic mass is 10.2. The monoisotopic (exact) mass is 378 g/mol. The Hall–Kier alpha value is -2.23. The van der Waals surface area contributed by atoms with E-state index in [2.05, 4.69) is 5.32 Å². The number of ether oxygens (including phenoxy) is 1. The van der Waals surface area contributed by atoms with Gasteiger partial charge in [-0.1, -0.05) is 6.92 Å². The van der Waals surface area contributed by atoms with Crippen molar-refractivity contribution in [3.05, 3.63) is 29.8 Å². The zero-order valence-corrected chi connectivity index (χ0v) is 14.3. The average Bonchev–Trinajstić information content (AvgIpc) is 2.51. The molecule has 10 heteroatoms. The summed E-state index contributed by atoms with van der Waals surface area (Å²) in [6, 6.07) is 3.73. The number of alkyl halides is 3. The molecule has 0 spiro atoms. The normalized spacial score (nSPS) is 12.2. The molecular weight excluding hydrogens is 361 g/mol. The van der Waals surface area contributed by atoms with Gasteiger partial charge in [0, 0.05) is 10.9 Å². The molecule has 0 heterocycles. The minimum atomic E-state index is -4.42. The molecule has 0 saturated carbocycles. The van der Waals surface area contributed by atoms with Crippen molar-refractivity contribution in [1.29, 1.82) is 0 Å². The first-order valence-corrected chi connectivity index (χ1v) is 8.05. The molecule has 0 radical (unpaired) electrons. The number of benzene rings is 1. The zero-order valence-electron chi connectivity index (χ0n) is 13.5. The predicted molar refractivity (Wildman–Crippen MR) is 85.1 cm³/mol. The van der Waals surface area contributed by atoms with Gasteiger partial charge in [-0.05, 0) is 49.4 Å². The molecule has 3 amide bonds. The molecule has 1 aromatic carbocycles. The van der Waals surface area contributed by atoms with Crippen LogP contribution < -0.4 is 10.6 Å². The van der Waals surface area contributed by atoms with E-state index in [-0.39, 0.29) is 28.3 Å². The van der Waals surface area contributed by atoms with E-state index in [0.717, 1.165) is 24.3 Å². The SMILES string of the molecule is CC[C@H](C)NC(=O)NC(=O)COC(=O)c1ccc(SC(F)(F)F)cc1. The van der Waals surface area contributed by atoms with Crippen molar-refractivity contribution in [1.82, 2.24) is 10.6 Å². The van der Waals surface area contributed by atoms with Gasteiger partial charge in [-0.3, -0.25) is 10.1 Å². The topological polar surface area (TPSA) is 84.5 Å². The van der Waals surface area contributed by atoms with Gasteiger partial charge in [0.2, 0.25) is 0 Å². The van der Waals surface area contributed by atoms with E-state index in [1.807, 2.05) is 12.2 Å². The van der Waals surface area contributed by atoms with Gasteiger partial charge in [0.25, 0.3) is 5.91 Å². The summed E-state index contributed by atoms with van der Waals surface area (Å²) in [5.41, 5.74) is -4.43. The Balaban J connectivity index is 2.46. The maximum absolute atomic E-state index is 12.2. The molecule has 0 aliphatic rings. The van der Waals surface area contributed by atoms with Crippen molar-refractivity contribution in [2.24, 2.45) is 0 Å². The highest BCUT2D eigenvalue weighted by atomic mass is 32.2. The van der Waals surface area contributed by atoms with E-state index >= 15 is 0 Å². The molecule has 1 rings (SSSR count). The molecule has 0 aliphatic heterocycles. The molecule has 0 aliphatic carbocycles. The maximum Gasteiger partial charge on any atom is 0.446 e. The van der Waals surface area contributed by atoms with E-state index in [4.69, 9.17) is 4.74 Å². The first-order valence-electron chi connectivity index (χ1n) is 7.24. The number of carbonyl (C=O) groups excluding carboxylic acids is 3. The molecule has 0 aromatic heterocycles. The second-order valence-electron chi connectivity index (χ2n) is 4.98. The van der Waals surface area contributed by atoms with Crippen molar-refractivity contribution < 1.29 is 32.3 Å². The van der Waals surface area contributed by atoms with E-state index in [0.29, 0.717) is 6.42 Å². The second kappa shape index (κ2) is 9.30. The molecular formula is C15H17F3N2O4S. The van der Waals surface area contributed by atoms with E-state index in [1.54, 1.807) is 6.92 Å². The molecule has 1 atom stereocenters. The largest absolute Gasteiger partial charge is 0.452 e. The van der Waals surface area contributed by atoms with Crippen molar-refractivity contribution in [3.8, 4) is 0 Å². The third-order valence-corrected chi connectivity index (χ3v) is 3.64. The molecule has 138 valence electrons. The number of esters is 1. The highest BCUT2D eigenvalue weighted by Gasteiger charge is 2.29. The van der Waals surface area contributed by atoms with Crippen LogP contribution in [0.2, 0.25) is 0 Å². The Bertz CT molecular complexity index is 620. The number of urea groups is 1. The quantitative estimate of drug-likeness (QED) is 0.587. The minimum absolute atomic E-state index is 0.0108. The average molecular weight is 378 g/mol. The number of imide groups is 1. The number of rotatable bonds is 6. The van der Waals surface area contributed by atoms with Gasteiger partial charge < -0.3 is 10.1 Å². The van der Waals surface area contributed by atoms with Crippen molar-refractivity contribution in [2.45, 2.75) is 36.7 Å². The molecule has 0 bridgehead atoms. The van der Waals surface area contributed by atoms with Gasteiger partial charge >= 0.3 is 17.5 Å². The Morgan fingerprint density at radius 2 is 1.80 bits per heavy atom. The smallest absolute Gasteiger partial charge is 0.446 e. The van der Waals surface area contributed by atoms with Gasteiger partial charge in [0.05, 0.1) is 5.56 Å². The van der Waals surface area contributed by atoms with Crippen LogP contribution >= 0.6 is 11.8 Å². The summed E-state index contributed by atoms with van der Waals surface area (Å²) in [4.78, 5) is 34.5. The van der Waals surface area contributed by atoms with Crippen molar-refractivity contribution in [2.75, 3.05) is 6.61 Å². The lowest BCUT2D eigenvalue weighted by Crippen LogP contribution is -2.44. The first-order chi connectivity index (χ1) is 11.6. The van der Waals surface area contributed by atoms with E-state index in [1.165, 1.54) is 0 Å². The number of hydrogen-bond donors (Lipinski definition) is 2. The molecule has 0 unspecified atom stereocenters. The van der Waals surface area contributed by atoms with E-state index in [9.17, 15) is 27.6 Å². The Labute approximate surface area is 146 Å². The molecule has 0 fully saturated rings. The number of halogens is 3. The Kier molecular flexibility index (Phi) is 7.75. The van der Waals surface area contributed by atoms with Crippen LogP contribution in [-0.2, 0) is 9.53 Å². The van der Waals surface area contributed by atoms with Gasteiger partial charge in [-0.25, -0.2) is 9.59 Å². The predicted octanol–water partition coefficient (Wildman–Crippen LogP) is 3.08. The number of carbonyl (C=O) groups is 3. The number of nitrogens with one attached hydrogen (secondary N) is 2. The van der Waals surface area contributed by atoms with Crippen LogP contribution in [0, 0.1) is 0 Å². The van der Waals surface area contributed by atoms with Crippen LogP contribution in [0.15, 0.2) is 29.2 Å².